The summed E-state index contributed by atoms with van der Waals surface area (Å²) in [6.45, 7) is 0. The Kier molecular flexibility index (Phi) is 3.87. The maximum absolute atomic E-state index is 11.0. The van der Waals surface area contributed by atoms with Crippen molar-refractivity contribution in [1.29, 1.82) is 0 Å². The van der Waals surface area contributed by atoms with Gasteiger partial charge in [0, 0.05) is 12.7 Å². The van der Waals surface area contributed by atoms with E-state index in [-0.39, 0.29) is 5.56 Å². The molecule has 0 atom stereocenters. The Morgan fingerprint density at radius 3 is 2.37 bits per heavy atom. The molecule has 0 fully saturated rings. The van der Waals surface area contributed by atoms with Crippen LogP contribution < -0.4 is 5.32 Å². The van der Waals surface area contributed by atoms with Crippen LogP contribution in [0.5, 0.6) is 0 Å². The number of carboxylic acids is 1. The molecule has 0 aliphatic carbocycles. The van der Waals surface area contributed by atoms with Gasteiger partial charge in [-0.3, -0.25) is 0 Å². The number of nitrogens with one attached hydrogen (secondary N) is 1. The summed E-state index contributed by atoms with van der Waals surface area (Å²) in [5.41, 5.74) is 2.12. The van der Waals surface area contributed by atoms with Crippen LogP contribution in [0.15, 0.2) is 58.8 Å². The van der Waals surface area contributed by atoms with Gasteiger partial charge in [-0.05, 0) is 36.4 Å². The van der Waals surface area contributed by atoms with Gasteiger partial charge in [0.2, 0.25) is 0 Å². The molecule has 0 aliphatic rings. The zero-order chi connectivity index (χ0) is 13.7. The van der Waals surface area contributed by atoms with Gasteiger partial charge in [-0.15, -0.1) is 5.11 Å². The van der Waals surface area contributed by atoms with Gasteiger partial charge in [0.15, 0.2) is 0 Å². The smallest absolute Gasteiger partial charge is 0.337 e. The summed E-state index contributed by atoms with van der Waals surface area (Å²) in [5.74, 6) is -1.01. The van der Waals surface area contributed by atoms with Crippen molar-refractivity contribution in [2.24, 2.45) is 10.2 Å². The number of nitrogens with zero attached hydrogens (tertiary/aromatic N) is 2. The molecule has 0 saturated carbocycles. The Labute approximate surface area is 110 Å². The molecule has 0 bridgehead atoms. The maximum Gasteiger partial charge on any atom is 0.337 e. The molecule has 0 unspecified atom stereocenters. The van der Waals surface area contributed by atoms with Gasteiger partial charge in [-0.2, -0.15) is 5.11 Å². The van der Waals surface area contributed by atoms with E-state index >= 15 is 0 Å². The number of aromatic carboxylic acids is 1. The average molecular weight is 255 g/mol. The summed E-state index contributed by atoms with van der Waals surface area (Å²) in [4.78, 5) is 11.0. The van der Waals surface area contributed by atoms with Crippen molar-refractivity contribution < 1.29 is 9.90 Å². The van der Waals surface area contributed by atoms with Crippen LogP contribution in [0, 0.1) is 0 Å². The Morgan fingerprint density at radius 1 is 1.05 bits per heavy atom. The van der Waals surface area contributed by atoms with Gasteiger partial charge >= 0.3 is 5.97 Å². The lowest BCUT2D eigenvalue weighted by molar-refractivity contribution is 0.0698. The molecule has 0 heterocycles. The van der Waals surface area contributed by atoms with Crippen molar-refractivity contribution in [2.75, 3.05) is 12.4 Å². The van der Waals surface area contributed by atoms with Gasteiger partial charge in [-0.25, -0.2) is 4.79 Å². The summed E-state index contributed by atoms with van der Waals surface area (Å²) in [5, 5.41) is 20.0. The number of carbonyl (C=O) groups is 1. The molecule has 2 rings (SSSR count). The van der Waals surface area contributed by atoms with Gasteiger partial charge in [0.05, 0.1) is 11.3 Å². The predicted octanol–water partition coefficient (Wildman–Crippen LogP) is 3.84. The number of hydrogen-bond acceptors (Lipinski definition) is 4. The molecule has 2 N–H and O–H groups in total. The van der Waals surface area contributed by atoms with Crippen LogP contribution in [0.1, 0.15) is 10.4 Å². The first-order chi connectivity index (χ1) is 9.20. The highest BCUT2D eigenvalue weighted by molar-refractivity contribution is 5.93. The minimum absolute atomic E-state index is 0.137. The van der Waals surface area contributed by atoms with E-state index in [1.54, 1.807) is 30.3 Å². The first-order valence-corrected chi connectivity index (χ1v) is 5.72. The van der Waals surface area contributed by atoms with Gasteiger partial charge in [0.1, 0.15) is 5.69 Å². The number of anilines is 1. The van der Waals surface area contributed by atoms with Crippen LogP contribution in [0.25, 0.3) is 0 Å². The molecule has 96 valence electrons. The lowest BCUT2D eigenvalue weighted by Crippen LogP contribution is -1.95. The van der Waals surface area contributed by atoms with Crippen molar-refractivity contribution in [3.8, 4) is 0 Å². The normalized spacial score (nSPS) is 10.6. The van der Waals surface area contributed by atoms with E-state index in [9.17, 15) is 4.79 Å². The number of hydrogen-bond donors (Lipinski definition) is 2. The molecule has 2 aromatic carbocycles. The van der Waals surface area contributed by atoms with E-state index in [1.807, 2.05) is 19.2 Å². The minimum Gasteiger partial charge on any atom is -0.478 e. The van der Waals surface area contributed by atoms with Crippen molar-refractivity contribution in [3.05, 3.63) is 54.1 Å². The van der Waals surface area contributed by atoms with Gasteiger partial charge < -0.3 is 10.4 Å². The Morgan fingerprint density at radius 2 is 1.74 bits per heavy atom. The second-order valence-corrected chi connectivity index (χ2v) is 3.82. The highest BCUT2D eigenvalue weighted by atomic mass is 16.4. The minimum atomic E-state index is -1.01. The summed E-state index contributed by atoms with van der Waals surface area (Å²) in [7, 11) is 1.83. The molecule has 0 aliphatic heterocycles. The molecule has 5 nitrogen and oxygen atoms in total. The molecule has 0 spiro atoms. The summed E-state index contributed by atoms with van der Waals surface area (Å²) >= 11 is 0. The van der Waals surface area contributed by atoms with E-state index in [0.717, 1.165) is 5.69 Å². The van der Waals surface area contributed by atoms with E-state index < -0.39 is 5.97 Å². The zero-order valence-electron chi connectivity index (χ0n) is 10.4. The number of azo groups is 1. The molecule has 0 amide bonds. The third-order valence-corrected chi connectivity index (χ3v) is 2.56. The van der Waals surface area contributed by atoms with E-state index in [1.165, 1.54) is 6.07 Å². The second-order valence-electron chi connectivity index (χ2n) is 3.82. The van der Waals surface area contributed by atoms with Crippen molar-refractivity contribution in [3.63, 3.8) is 0 Å². The number of rotatable bonds is 4. The third kappa shape index (κ3) is 3.16. The topological polar surface area (TPSA) is 74.0 Å². The average Bonchev–Trinajstić information content (AvgIpc) is 2.46. The molecule has 0 saturated heterocycles. The Hall–Kier alpha value is -2.69. The first-order valence-electron chi connectivity index (χ1n) is 5.72. The Balaban J connectivity index is 2.24. The van der Waals surface area contributed by atoms with Crippen LogP contribution in [0.4, 0.5) is 17.1 Å². The fourth-order valence-corrected chi connectivity index (χ4v) is 1.55. The summed E-state index contributed by atoms with van der Waals surface area (Å²) in [6.07, 6.45) is 0. The number of carboxylic acid groups (broad SMARTS) is 1. The standard InChI is InChI=1S/C14H13N3O2/c1-15-10-6-8-11(9-7-10)16-17-13-5-3-2-4-12(13)14(18)19/h2-9,15H,1H3,(H,18,19). The molecular formula is C14H13N3O2. The van der Waals surface area contributed by atoms with E-state index in [0.29, 0.717) is 11.4 Å². The largest absolute Gasteiger partial charge is 0.478 e. The van der Waals surface area contributed by atoms with Gasteiger partial charge in [0.25, 0.3) is 0 Å². The number of benzene rings is 2. The van der Waals surface area contributed by atoms with Crippen LogP contribution in [0.3, 0.4) is 0 Å². The first kappa shape index (κ1) is 12.8. The molecule has 0 radical (unpaired) electrons. The fraction of sp³-hybridized carbons (Fsp3) is 0.0714. The molecular weight excluding hydrogens is 242 g/mol. The fourth-order valence-electron chi connectivity index (χ4n) is 1.55. The zero-order valence-corrected chi connectivity index (χ0v) is 10.4. The van der Waals surface area contributed by atoms with Crippen LogP contribution >= 0.6 is 0 Å². The van der Waals surface area contributed by atoms with Crippen LogP contribution in [-0.4, -0.2) is 18.1 Å². The Bertz CT molecular complexity index is 606. The summed E-state index contributed by atoms with van der Waals surface area (Å²) in [6, 6.07) is 13.9. The van der Waals surface area contributed by atoms with E-state index in [4.69, 9.17) is 5.11 Å². The maximum atomic E-state index is 11.0. The molecule has 19 heavy (non-hydrogen) atoms. The van der Waals surface area contributed by atoms with Crippen molar-refractivity contribution in [1.82, 2.24) is 0 Å². The van der Waals surface area contributed by atoms with Gasteiger partial charge in [-0.1, -0.05) is 12.1 Å². The predicted molar refractivity (Wildman–Crippen MR) is 73.6 cm³/mol. The van der Waals surface area contributed by atoms with E-state index in [2.05, 4.69) is 15.5 Å². The highest BCUT2D eigenvalue weighted by Crippen LogP contribution is 2.23. The van der Waals surface area contributed by atoms with Crippen LogP contribution in [0.2, 0.25) is 0 Å². The molecule has 5 heteroatoms. The quantitative estimate of drug-likeness (QED) is 0.815. The van der Waals surface area contributed by atoms with Crippen LogP contribution in [-0.2, 0) is 0 Å². The van der Waals surface area contributed by atoms with Crippen molar-refractivity contribution in [2.45, 2.75) is 0 Å². The monoisotopic (exact) mass is 255 g/mol. The summed E-state index contributed by atoms with van der Waals surface area (Å²) < 4.78 is 0. The highest BCUT2D eigenvalue weighted by Gasteiger charge is 2.07. The third-order valence-electron chi connectivity index (χ3n) is 2.56. The SMILES string of the molecule is CNc1ccc(N=Nc2ccccc2C(=O)O)cc1. The lowest BCUT2D eigenvalue weighted by atomic mass is 10.2. The molecule has 2 aromatic rings. The lowest BCUT2D eigenvalue weighted by Gasteiger charge is -2.00. The second kappa shape index (κ2) is 5.77. The molecule has 0 aromatic heterocycles. The van der Waals surface area contributed by atoms with Crippen molar-refractivity contribution >= 4 is 23.0 Å².